The van der Waals surface area contributed by atoms with Crippen LogP contribution in [0.2, 0.25) is 0 Å². The first-order chi connectivity index (χ1) is 39.6. The number of benzene rings is 6. The lowest BCUT2D eigenvalue weighted by atomic mass is 9.75. The fraction of sp³-hybridized carbons (Fsp3) is 0.147. The molecule has 5 aliphatic rings. The Labute approximate surface area is 474 Å². The molecule has 5 aliphatic carbocycles. The first-order valence-corrected chi connectivity index (χ1v) is 28.4. The number of allylic oxidation sites excluding steroid dienone is 5. The van der Waals surface area contributed by atoms with Gasteiger partial charge in [-0.2, -0.15) is 0 Å². The van der Waals surface area contributed by atoms with E-state index in [0.717, 1.165) is 53.9 Å². The third kappa shape index (κ3) is 7.98. The molecule has 15 rings (SSSR count). The average molecular weight is 1050 g/mol. The lowest BCUT2D eigenvalue weighted by molar-refractivity contribution is 0.563. The van der Waals surface area contributed by atoms with Gasteiger partial charge in [0.2, 0.25) is 0 Å². The smallest absolute Gasteiger partial charge is 0.138 e. The molecular weight excluding hydrogens is 985 g/mol. The highest BCUT2D eigenvalue weighted by Gasteiger charge is 2.47. The van der Waals surface area contributed by atoms with E-state index in [1.807, 2.05) is 97.6 Å². The molecule has 6 nitrogen and oxygen atoms in total. The largest absolute Gasteiger partial charge is 0.279 e. The van der Waals surface area contributed by atoms with E-state index in [1.54, 1.807) is 0 Å². The van der Waals surface area contributed by atoms with E-state index in [4.69, 9.17) is 19.9 Å². The van der Waals surface area contributed by atoms with Crippen LogP contribution in [0.15, 0.2) is 237 Å². The Morgan fingerprint density at radius 3 is 1.30 bits per heavy atom. The monoisotopic (exact) mass is 1040 g/mol. The SMILES string of the molecule is CC1(C)C2=CC(/C=C/c3ccc4c(c3)C3(Cc5ccccc5C3)c3cc(/C=C/c5ccc6c(c5)C(C)(C)c5cc(N(c7ccccn7)c7ccccn7)ccc5-6)ccc3-4)CC=C2c2ccc(N(c3ccccn3)c3ccccn3)cc21. The van der Waals surface area contributed by atoms with Crippen LogP contribution in [0.4, 0.5) is 34.6 Å². The summed E-state index contributed by atoms with van der Waals surface area (Å²) in [5, 5.41) is 0. The molecule has 390 valence electrons. The number of hydrogen-bond acceptors (Lipinski definition) is 6. The van der Waals surface area contributed by atoms with Gasteiger partial charge in [-0.3, -0.25) is 9.80 Å². The molecule has 4 heterocycles. The van der Waals surface area contributed by atoms with Crippen LogP contribution < -0.4 is 9.80 Å². The van der Waals surface area contributed by atoms with Crippen LogP contribution in [-0.4, -0.2) is 19.9 Å². The number of fused-ring (bicyclic) bond motifs is 12. The standard InChI is InChI=1S/C75H60N6/c1-73(2)63-41-49(25-31-57(63)59-35-29-55(45-65(59)73)80(69-17-7-11-37-76-69)70-18-8-12-38-77-70)21-23-51-27-33-61-62-34-28-52(44-68(62)75(67(61)43-51)47-53-15-5-6-16-54(53)48-75)24-22-50-26-32-58-60-36-30-56(46-66(60)74(3,4)64(58)42-50)81(71-19-9-13-39-78-71)72-20-10-14-40-79-72/h5-25,27-46,50H,26,47-48H2,1-4H3/b23-21+,24-22+. The molecule has 0 saturated heterocycles. The van der Waals surface area contributed by atoms with Crippen LogP contribution >= 0.6 is 0 Å². The summed E-state index contributed by atoms with van der Waals surface area (Å²) in [4.78, 5) is 23.3. The predicted octanol–water partition coefficient (Wildman–Crippen LogP) is 18.1. The Morgan fingerprint density at radius 1 is 0.407 bits per heavy atom. The first kappa shape index (κ1) is 48.6. The average Bonchev–Trinajstić information content (AvgIpc) is 2.54. The zero-order chi connectivity index (χ0) is 54.5. The van der Waals surface area contributed by atoms with E-state index < -0.39 is 0 Å². The molecule has 6 aromatic carbocycles. The Morgan fingerprint density at radius 2 is 0.815 bits per heavy atom. The third-order valence-corrected chi connectivity index (χ3v) is 18.1. The highest BCUT2D eigenvalue weighted by molar-refractivity contribution is 5.93. The maximum atomic E-state index is 4.75. The zero-order valence-electron chi connectivity index (χ0n) is 46.1. The van der Waals surface area contributed by atoms with Crippen LogP contribution in [0.5, 0.6) is 0 Å². The summed E-state index contributed by atoms with van der Waals surface area (Å²) < 4.78 is 0. The molecule has 1 unspecified atom stereocenters. The number of hydrogen-bond donors (Lipinski definition) is 0. The van der Waals surface area contributed by atoms with Gasteiger partial charge in [0, 0.05) is 52.4 Å². The third-order valence-electron chi connectivity index (χ3n) is 18.1. The van der Waals surface area contributed by atoms with Gasteiger partial charge in [0.05, 0.1) is 0 Å². The van der Waals surface area contributed by atoms with Gasteiger partial charge < -0.3 is 0 Å². The number of nitrogens with zero attached hydrogens (tertiary/aromatic N) is 6. The molecule has 0 fully saturated rings. The van der Waals surface area contributed by atoms with Crippen molar-refractivity contribution in [3.05, 3.63) is 298 Å². The maximum absolute atomic E-state index is 4.75. The second kappa shape index (κ2) is 18.8. The quantitative estimate of drug-likeness (QED) is 0.127. The molecule has 0 amide bonds. The van der Waals surface area contributed by atoms with Crippen LogP contribution in [-0.2, 0) is 29.1 Å². The molecule has 1 atom stereocenters. The van der Waals surface area contributed by atoms with Crippen molar-refractivity contribution in [1.29, 1.82) is 0 Å². The van der Waals surface area contributed by atoms with E-state index in [0.29, 0.717) is 0 Å². The summed E-state index contributed by atoms with van der Waals surface area (Å²) in [7, 11) is 0. The molecule has 0 saturated carbocycles. The Balaban J connectivity index is 0.705. The van der Waals surface area contributed by atoms with E-state index in [2.05, 4.69) is 189 Å². The normalized spacial score (nSPS) is 17.0. The zero-order valence-corrected chi connectivity index (χ0v) is 46.1. The van der Waals surface area contributed by atoms with Gasteiger partial charge in [0.15, 0.2) is 0 Å². The minimum absolute atomic E-state index is 0.140. The number of pyridine rings is 4. The molecule has 10 aromatic rings. The van der Waals surface area contributed by atoms with Crippen molar-refractivity contribution in [2.24, 2.45) is 5.92 Å². The summed E-state index contributed by atoms with van der Waals surface area (Å²) in [5.74, 6) is 3.64. The van der Waals surface area contributed by atoms with Crippen molar-refractivity contribution in [1.82, 2.24) is 19.9 Å². The molecule has 6 heteroatoms. The topological polar surface area (TPSA) is 58.0 Å². The molecular formula is C75H60N6. The van der Waals surface area contributed by atoms with E-state index in [-0.39, 0.29) is 22.2 Å². The summed E-state index contributed by atoms with van der Waals surface area (Å²) >= 11 is 0. The second-order valence-electron chi connectivity index (χ2n) is 23.5. The molecule has 4 aromatic heterocycles. The van der Waals surface area contributed by atoms with Crippen molar-refractivity contribution >= 4 is 58.4 Å². The van der Waals surface area contributed by atoms with Crippen LogP contribution in [0.3, 0.4) is 0 Å². The Hall–Kier alpha value is -9.52. The number of anilines is 6. The van der Waals surface area contributed by atoms with Gasteiger partial charge in [-0.25, -0.2) is 19.9 Å². The highest BCUT2D eigenvalue weighted by Crippen LogP contribution is 2.57. The van der Waals surface area contributed by atoms with Gasteiger partial charge in [-0.05, 0) is 193 Å². The first-order valence-electron chi connectivity index (χ1n) is 28.4. The van der Waals surface area contributed by atoms with Crippen molar-refractivity contribution in [2.45, 2.75) is 63.2 Å². The number of rotatable bonds is 10. The van der Waals surface area contributed by atoms with Crippen LogP contribution in [0, 0.1) is 5.92 Å². The van der Waals surface area contributed by atoms with Crippen LogP contribution in [0.25, 0.3) is 46.1 Å². The maximum Gasteiger partial charge on any atom is 0.138 e. The van der Waals surface area contributed by atoms with Gasteiger partial charge >= 0.3 is 0 Å². The molecule has 81 heavy (non-hydrogen) atoms. The Bertz CT molecular complexity index is 4160. The predicted molar refractivity (Wildman–Crippen MR) is 333 cm³/mol. The minimum Gasteiger partial charge on any atom is -0.279 e. The van der Waals surface area contributed by atoms with Crippen molar-refractivity contribution < 1.29 is 0 Å². The van der Waals surface area contributed by atoms with E-state index in [1.165, 1.54) is 94.6 Å². The van der Waals surface area contributed by atoms with Gasteiger partial charge in [0.1, 0.15) is 23.3 Å². The van der Waals surface area contributed by atoms with E-state index in [9.17, 15) is 0 Å². The lowest BCUT2D eigenvalue weighted by Crippen LogP contribution is -2.26. The summed E-state index contributed by atoms with van der Waals surface area (Å²) in [6, 6.07) is 68.4. The van der Waals surface area contributed by atoms with Crippen LogP contribution in [0.1, 0.15) is 95.3 Å². The van der Waals surface area contributed by atoms with Crippen molar-refractivity contribution in [3.8, 4) is 22.3 Å². The summed E-state index contributed by atoms with van der Waals surface area (Å²) in [6.07, 6.45) is 24.8. The van der Waals surface area contributed by atoms with Gasteiger partial charge in [-0.1, -0.05) is 179 Å². The van der Waals surface area contributed by atoms with Crippen molar-refractivity contribution in [3.63, 3.8) is 0 Å². The molecule has 0 radical (unpaired) electrons. The minimum atomic E-state index is -0.216. The molecule has 0 N–H and O–H groups in total. The molecule has 0 bridgehead atoms. The number of aromatic nitrogens is 4. The summed E-state index contributed by atoms with van der Waals surface area (Å²) in [5.41, 5.74) is 24.4. The highest BCUT2D eigenvalue weighted by atomic mass is 15.2. The fourth-order valence-electron chi connectivity index (χ4n) is 14.1. The lowest BCUT2D eigenvalue weighted by Gasteiger charge is -2.27. The second-order valence-corrected chi connectivity index (χ2v) is 23.5. The molecule has 1 spiro atoms. The molecule has 0 aliphatic heterocycles. The van der Waals surface area contributed by atoms with Gasteiger partial charge in [0.25, 0.3) is 0 Å². The summed E-state index contributed by atoms with van der Waals surface area (Å²) in [6.45, 7) is 9.47. The Kier molecular flexibility index (Phi) is 11.3. The van der Waals surface area contributed by atoms with Crippen molar-refractivity contribution in [2.75, 3.05) is 9.80 Å². The van der Waals surface area contributed by atoms with E-state index >= 15 is 0 Å². The fourth-order valence-corrected chi connectivity index (χ4v) is 14.1. The van der Waals surface area contributed by atoms with Gasteiger partial charge in [-0.15, -0.1) is 0 Å².